The molecule has 0 aliphatic heterocycles. The second kappa shape index (κ2) is 11.7. The van der Waals surface area contributed by atoms with E-state index in [4.69, 9.17) is 20.8 Å². The van der Waals surface area contributed by atoms with E-state index in [0.29, 0.717) is 6.61 Å². The molecule has 0 radical (unpaired) electrons. The van der Waals surface area contributed by atoms with Gasteiger partial charge in [0.15, 0.2) is 0 Å². The molecule has 0 N–H and O–H groups in total. The first-order chi connectivity index (χ1) is 17.3. The predicted molar refractivity (Wildman–Crippen MR) is 156 cm³/mol. The van der Waals surface area contributed by atoms with Crippen molar-refractivity contribution in [1.29, 1.82) is 0 Å². The first kappa shape index (κ1) is 26.6. The maximum atomic E-state index is 7.11. The van der Waals surface area contributed by atoms with Crippen LogP contribution >= 0.6 is 23.4 Å². The summed E-state index contributed by atoms with van der Waals surface area (Å²) in [6.07, 6.45) is 0. The molecule has 0 heterocycles. The normalized spacial score (nSPS) is 11.9. The summed E-state index contributed by atoms with van der Waals surface area (Å²) >= 11 is 8.69. The zero-order valence-corrected chi connectivity index (χ0v) is 23.9. The van der Waals surface area contributed by atoms with Crippen molar-refractivity contribution in [1.82, 2.24) is 0 Å². The molecule has 0 unspecified atom stereocenters. The second-order valence-corrected chi connectivity index (χ2v) is 15.5. The first-order valence-electron chi connectivity index (χ1n) is 12.1. The van der Waals surface area contributed by atoms with E-state index in [0.717, 1.165) is 27.0 Å². The molecule has 0 atom stereocenters. The highest BCUT2D eigenvalue weighted by Gasteiger charge is 2.50. The number of hydrogen-bond donors (Lipinski definition) is 0. The lowest BCUT2D eigenvalue weighted by molar-refractivity contribution is 0.286. The molecule has 36 heavy (non-hydrogen) atoms. The lowest BCUT2D eigenvalue weighted by atomic mass is 10.2. The molecule has 0 bridgehead atoms. The third kappa shape index (κ3) is 5.73. The molecule has 0 aromatic heterocycles. The van der Waals surface area contributed by atoms with Gasteiger partial charge in [0.1, 0.15) is 5.75 Å². The number of hydrogen-bond acceptors (Lipinski definition) is 3. The fourth-order valence-corrected chi connectivity index (χ4v) is 10.4. The molecule has 0 amide bonds. The van der Waals surface area contributed by atoms with E-state index in [1.54, 1.807) is 18.9 Å². The summed E-state index contributed by atoms with van der Waals surface area (Å²) in [6, 6.07) is 35.8. The van der Waals surface area contributed by atoms with Gasteiger partial charge in [-0.2, -0.15) is 0 Å². The van der Waals surface area contributed by atoms with Crippen LogP contribution in [0.3, 0.4) is 0 Å². The fraction of sp³-hybridized carbons (Fsp3) is 0.226. The summed E-state index contributed by atoms with van der Waals surface area (Å²) in [6.45, 7) is 7.34. The van der Waals surface area contributed by atoms with E-state index in [1.807, 2.05) is 12.1 Å². The van der Waals surface area contributed by atoms with Crippen LogP contribution in [0.15, 0.2) is 108 Å². The van der Waals surface area contributed by atoms with Crippen LogP contribution in [0.1, 0.15) is 31.9 Å². The third-order valence-corrected chi connectivity index (χ3v) is 13.1. The lowest BCUT2D eigenvalue weighted by Gasteiger charge is -2.43. The SMILES string of the molecule is COc1ccc(CSc2cccc(CO[Si](c3ccccc3)(c3ccccc3)C(C)(C)C)c2Cl)cc1. The minimum absolute atomic E-state index is 0.0804. The fourth-order valence-electron chi connectivity index (χ4n) is 4.61. The van der Waals surface area contributed by atoms with Gasteiger partial charge in [0.05, 0.1) is 18.7 Å². The van der Waals surface area contributed by atoms with Gasteiger partial charge >= 0.3 is 0 Å². The largest absolute Gasteiger partial charge is 0.497 e. The van der Waals surface area contributed by atoms with Gasteiger partial charge in [-0.05, 0) is 44.7 Å². The predicted octanol–water partition coefficient (Wildman–Crippen LogP) is 7.72. The van der Waals surface area contributed by atoms with Gasteiger partial charge in [0, 0.05) is 10.6 Å². The molecule has 5 heteroatoms. The summed E-state index contributed by atoms with van der Waals surface area (Å²) in [7, 11) is -0.946. The zero-order valence-electron chi connectivity index (χ0n) is 21.3. The summed E-state index contributed by atoms with van der Waals surface area (Å²) in [5.41, 5.74) is 2.25. The van der Waals surface area contributed by atoms with Gasteiger partial charge in [0.25, 0.3) is 8.32 Å². The van der Waals surface area contributed by atoms with E-state index in [-0.39, 0.29) is 5.04 Å². The van der Waals surface area contributed by atoms with Crippen molar-refractivity contribution in [3.63, 3.8) is 0 Å². The van der Waals surface area contributed by atoms with E-state index >= 15 is 0 Å². The molecule has 0 saturated carbocycles. The number of thioether (sulfide) groups is 1. The Hall–Kier alpha value is -2.50. The van der Waals surface area contributed by atoms with Crippen molar-refractivity contribution >= 4 is 42.1 Å². The molecule has 4 aromatic carbocycles. The van der Waals surface area contributed by atoms with Gasteiger partial charge < -0.3 is 9.16 Å². The Kier molecular flexibility index (Phi) is 8.63. The van der Waals surface area contributed by atoms with Crippen molar-refractivity contribution in [2.75, 3.05) is 7.11 Å². The summed E-state index contributed by atoms with van der Waals surface area (Å²) in [5, 5.41) is 3.23. The average molecular weight is 533 g/mol. The van der Waals surface area contributed by atoms with Crippen molar-refractivity contribution in [3.8, 4) is 5.75 Å². The Balaban J connectivity index is 1.62. The Bertz CT molecular complexity index is 1220. The third-order valence-electron chi connectivity index (χ3n) is 6.46. The highest BCUT2D eigenvalue weighted by molar-refractivity contribution is 7.98. The van der Waals surface area contributed by atoms with Crippen LogP contribution in [-0.2, 0) is 16.8 Å². The van der Waals surface area contributed by atoms with Gasteiger partial charge in [-0.1, -0.05) is 117 Å². The van der Waals surface area contributed by atoms with Crippen LogP contribution in [0.5, 0.6) is 5.75 Å². The Labute approximate surface area is 225 Å². The van der Waals surface area contributed by atoms with Gasteiger partial charge in [-0.15, -0.1) is 11.8 Å². The van der Waals surface area contributed by atoms with E-state index in [1.165, 1.54) is 15.9 Å². The number of halogens is 1. The zero-order chi connectivity index (χ0) is 25.6. The van der Waals surface area contributed by atoms with Crippen LogP contribution < -0.4 is 15.1 Å². The highest BCUT2D eigenvalue weighted by atomic mass is 35.5. The number of benzene rings is 4. The highest BCUT2D eigenvalue weighted by Crippen LogP contribution is 2.39. The molecule has 0 saturated heterocycles. The van der Waals surface area contributed by atoms with Crippen LogP contribution in [0.4, 0.5) is 0 Å². The summed E-state index contributed by atoms with van der Waals surface area (Å²) < 4.78 is 12.4. The monoisotopic (exact) mass is 532 g/mol. The van der Waals surface area contributed by atoms with E-state index < -0.39 is 8.32 Å². The molecule has 0 spiro atoms. The number of ether oxygens (including phenoxy) is 1. The smallest absolute Gasteiger partial charge is 0.261 e. The van der Waals surface area contributed by atoms with Crippen LogP contribution in [0.2, 0.25) is 10.1 Å². The second-order valence-electron chi connectivity index (χ2n) is 9.82. The van der Waals surface area contributed by atoms with Gasteiger partial charge in [-0.25, -0.2) is 0 Å². The Morgan fingerprint density at radius 2 is 1.33 bits per heavy atom. The topological polar surface area (TPSA) is 18.5 Å². The Morgan fingerprint density at radius 3 is 1.86 bits per heavy atom. The minimum atomic E-state index is -2.63. The molecule has 4 aromatic rings. The molecule has 0 fully saturated rings. The van der Waals surface area contributed by atoms with Gasteiger partial charge in [-0.3, -0.25) is 0 Å². The van der Waals surface area contributed by atoms with Crippen molar-refractivity contribution in [2.45, 2.75) is 43.1 Å². The quantitative estimate of drug-likeness (QED) is 0.162. The van der Waals surface area contributed by atoms with Crippen LogP contribution in [0, 0.1) is 0 Å². The van der Waals surface area contributed by atoms with Crippen molar-refractivity contribution in [3.05, 3.63) is 119 Å². The van der Waals surface area contributed by atoms with Gasteiger partial charge in [0.2, 0.25) is 0 Å². The van der Waals surface area contributed by atoms with E-state index in [9.17, 15) is 0 Å². The average Bonchev–Trinajstić information content (AvgIpc) is 2.90. The van der Waals surface area contributed by atoms with E-state index in [2.05, 4.69) is 112 Å². The maximum Gasteiger partial charge on any atom is 0.261 e. The number of methoxy groups -OCH3 is 1. The van der Waals surface area contributed by atoms with Crippen molar-refractivity contribution in [2.24, 2.45) is 0 Å². The molecular weight excluding hydrogens is 500 g/mol. The summed E-state index contributed by atoms with van der Waals surface area (Å²) in [5.74, 6) is 1.70. The van der Waals surface area contributed by atoms with Crippen LogP contribution in [-0.4, -0.2) is 15.4 Å². The standard InChI is InChI=1S/C31H33ClO2SSi/c1-31(2,3)36(27-13-7-5-8-14-27,28-15-9-6-10-16-28)34-22-25-12-11-17-29(30(25)32)35-23-24-18-20-26(33-4)21-19-24/h5-21H,22-23H2,1-4H3. The molecule has 4 rings (SSSR count). The molecule has 186 valence electrons. The molecule has 2 nitrogen and oxygen atoms in total. The minimum Gasteiger partial charge on any atom is -0.497 e. The molecular formula is C31H33ClO2SSi. The first-order valence-corrected chi connectivity index (χ1v) is 15.4. The van der Waals surface area contributed by atoms with Crippen molar-refractivity contribution < 1.29 is 9.16 Å². The Morgan fingerprint density at radius 1 is 0.750 bits per heavy atom. The number of rotatable bonds is 9. The molecule has 0 aliphatic rings. The van der Waals surface area contributed by atoms with Crippen LogP contribution in [0.25, 0.3) is 0 Å². The lowest BCUT2D eigenvalue weighted by Crippen LogP contribution is -2.66. The molecule has 0 aliphatic carbocycles. The maximum absolute atomic E-state index is 7.11. The summed E-state index contributed by atoms with van der Waals surface area (Å²) in [4.78, 5) is 1.07.